The fraction of sp³-hybridized carbons (Fsp3) is 0.348. The Balaban J connectivity index is 1.51. The number of para-hydroxylation sites is 1. The van der Waals surface area contributed by atoms with Crippen molar-refractivity contribution in [2.45, 2.75) is 25.2 Å². The zero-order chi connectivity index (χ0) is 22.6. The van der Waals surface area contributed by atoms with Crippen LogP contribution in [-0.2, 0) is 10.2 Å². The molecule has 166 valence electrons. The van der Waals surface area contributed by atoms with E-state index in [2.05, 4.69) is 9.97 Å². The minimum Gasteiger partial charge on any atom is -0.395 e. The van der Waals surface area contributed by atoms with E-state index in [9.17, 15) is 23.5 Å². The minimum absolute atomic E-state index is 0.0288. The smallest absolute Gasteiger partial charge is 0.260 e. The number of nitrogens with zero attached hydrogens (tertiary/aromatic N) is 3. The number of halogens is 2. The molecule has 5 rings (SSSR count). The number of piperidine rings is 1. The largest absolute Gasteiger partial charge is 0.395 e. The van der Waals surface area contributed by atoms with Crippen LogP contribution in [0.4, 0.5) is 20.4 Å². The Bertz CT molecular complexity index is 1300. The summed E-state index contributed by atoms with van der Waals surface area (Å²) in [6.45, 7) is 2.26. The summed E-state index contributed by atoms with van der Waals surface area (Å²) in [5.74, 6) is -1.44. The van der Waals surface area contributed by atoms with E-state index in [1.54, 1.807) is 12.1 Å². The third-order valence-corrected chi connectivity index (χ3v) is 6.62. The molecule has 2 aromatic carbocycles. The molecule has 32 heavy (non-hydrogen) atoms. The van der Waals surface area contributed by atoms with Crippen LogP contribution in [0, 0.1) is 18.6 Å². The van der Waals surface area contributed by atoms with Gasteiger partial charge >= 0.3 is 0 Å². The molecular weight excluding hydrogens is 418 g/mol. The highest BCUT2D eigenvalue weighted by atomic mass is 19.1. The number of nitrogens with one attached hydrogen (secondary N) is 1. The number of rotatable bonds is 3. The number of aryl methyl sites for hydroxylation is 1. The molecule has 0 atom stereocenters. The van der Waals surface area contributed by atoms with Crippen molar-refractivity contribution in [3.05, 3.63) is 63.4 Å². The van der Waals surface area contributed by atoms with Gasteiger partial charge in [0.05, 0.1) is 28.6 Å². The van der Waals surface area contributed by atoms with Gasteiger partial charge in [0.2, 0.25) is 11.9 Å². The monoisotopic (exact) mass is 440 g/mol. The Morgan fingerprint density at radius 1 is 1.19 bits per heavy atom. The Morgan fingerprint density at radius 2 is 1.94 bits per heavy atom. The number of anilines is 2. The molecule has 2 aliphatic heterocycles. The highest BCUT2D eigenvalue weighted by molar-refractivity contribution is 6.08. The molecule has 2 aliphatic rings. The first-order valence-corrected chi connectivity index (χ1v) is 10.5. The number of aliphatic hydroxyl groups is 1. The van der Waals surface area contributed by atoms with Gasteiger partial charge in [0, 0.05) is 31.3 Å². The van der Waals surface area contributed by atoms with Crippen molar-refractivity contribution >= 4 is 28.4 Å². The van der Waals surface area contributed by atoms with Gasteiger partial charge in [0.1, 0.15) is 11.6 Å². The molecule has 1 amide bonds. The molecule has 0 unspecified atom stereocenters. The zero-order valence-electron chi connectivity index (χ0n) is 17.5. The third kappa shape index (κ3) is 2.91. The molecule has 0 bridgehead atoms. The van der Waals surface area contributed by atoms with Crippen molar-refractivity contribution in [1.82, 2.24) is 9.97 Å². The summed E-state index contributed by atoms with van der Waals surface area (Å²) in [4.78, 5) is 36.5. The second kappa shape index (κ2) is 7.37. The van der Waals surface area contributed by atoms with E-state index >= 15 is 0 Å². The minimum atomic E-state index is -1.13. The van der Waals surface area contributed by atoms with Gasteiger partial charge in [-0.15, -0.1) is 0 Å². The lowest BCUT2D eigenvalue weighted by Gasteiger charge is -2.38. The molecule has 3 heterocycles. The van der Waals surface area contributed by atoms with E-state index in [1.165, 1.54) is 4.90 Å². The summed E-state index contributed by atoms with van der Waals surface area (Å²) < 4.78 is 28.8. The number of aromatic amines is 1. The van der Waals surface area contributed by atoms with E-state index in [-0.39, 0.29) is 48.7 Å². The number of fused-ring (bicyclic) bond motifs is 3. The molecule has 1 saturated heterocycles. The van der Waals surface area contributed by atoms with Gasteiger partial charge in [0.15, 0.2) is 0 Å². The first-order valence-electron chi connectivity index (χ1n) is 10.5. The Morgan fingerprint density at radius 3 is 2.66 bits per heavy atom. The predicted molar refractivity (Wildman–Crippen MR) is 116 cm³/mol. The maximum Gasteiger partial charge on any atom is 0.260 e. The molecule has 1 spiro atoms. The zero-order valence-corrected chi connectivity index (χ0v) is 17.5. The Hall–Kier alpha value is -3.33. The topological polar surface area (TPSA) is 89.5 Å². The highest BCUT2D eigenvalue weighted by Crippen LogP contribution is 2.49. The van der Waals surface area contributed by atoms with Crippen LogP contribution in [0.5, 0.6) is 0 Å². The number of carbonyl (C=O) groups excluding carboxylic acids is 1. The van der Waals surface area contributed by atoms with Gasteiger partial charge < -0.3 is 14.9 Å². The third-order valence-electron chi connectivity index (χ3n) is 6.62. The van der Waals surface area contributed by atoms with E-state index in [0.29, 0.717) is 29.9 Å². The van der Waals surface area contributed by atoms with Crippen LogP contribution in [-0.4, -0.2) is 47.2 Å². The van der Waals surface area contributed by atoms with Crippen LogP contribution in [0.1, 0.15) is 24.0 Å². The molecule has 0 radical (unpaired) electrons. The summed E-state index contributed by atoms with van der Waals surface area (Å²) in [7, 11) is 0. The number of hydrogen-bond donors (Lipinski definition) is 2. The molecule has 7 nitrogen and oxygen atoms in total. The summed E-state index contributed by atoms with van der Waals surface area (Å²) in [6.07, 6.45) is 0.553. The number of carbonyl (C=O) groups is 1. The van der Waals surface area contributed by atoms with Crippen molar-refractivity contribution in [2.75, 3.05) is 36.0 Å². The average molecular weight is 440 g/mol. The van der Waals surface area contributed by atoms with Gasteiger partial charge in [-0.25, -0.2) is 13.8 Å². The van der Waals surface area contributed by atoms with Crippen molar-refractivity contribution in [3.63, 3.8) is 0 Å². The quantitative estimate of drug-likeness (QED) is 0.653. The van der Waals surface area contributed by atoms with Gasteiger partial charge in [0.25, 0.3) is 5.56 Å². The van der Waals surface area contributed by atoms with Gasteiger partial charge in [-0.2, -0.15) is 0 Å². The maximum atomic E-state index is 14.9. The van der Waals surface area contributed by atoms with Crippen LogP contribution < -0.4 is 15.4 Å². The molecule has 2 N–H and O–H groups in total. The normalized spacial score (nSPS) is 17.4. The maximum absolute atomic E-state index is 14.9. The lowest BCUT2D eigenvalue weighted by atomic mass is 9.73. The standard InChI is InChI=1S/C23H22F2N4O3/c1-13-3-2-4-15-19(13)26-22(27-20(15)31)28-7-5-23(6-8-28)18-16(25)11-14(24)12-17(18)29(9-10-30)21(23)32/h2-4,11-12,30H,5-10H2,1H3,(H,26,27,31). The van der Waals surface area contributed by atoms with Gasteiger partial charge in [-0.3, -0.25) is 14.6 Å². The second-order valence-corrected chi connectivity index (χ2v) is 8.39. The van der Waals surface area contributed by atoms with Gasteiger partial charge in [-0.05, 0) is 37.5 Å². The first-order chi connectivity index (χ1) is 15.4. The van der Waals surface area contributed by atoms with Crippen molar-refractivity contribution in [1.29, 1.82) is 0 Å². The number of amides is 1. The lowest BCUT2D eigenvalue weighted by Crippen LogP contribution is -2.50. The fourth-order valence-electron chi connectivity index (χ4n) is 5.05. The summed E-state index contributed by atoms with van der Waals surface area (Å²) in [5.41, 5.74) is 0.491. The van der Waals surface area contributed by atoms with Crippen molar-refractivity contribution < 1.29 is 18.7 Å². The summed E-state index contributed by atoms with van der Waals surface area (Å²) >= 11 is 0. The SMILES string of the molecule is Cc1cccc2c(=O)[nH]c(N3CCC4(CC3)C(=O)N(CCO)c3cc(F)cc(F)c34)nc12. The number of aliphatic hydroxyl groups excluding tert-OH is 1. The van der Waals surface area contributed by atoms with E-state index in [0.717, 1.165) is 17.7 Å². The van der Waals surface area contributed by atoms with E-state index in [1.807, 2.05) is 17.9 Å². The highest BCUT2D eigenvalue weighted by Gasteiger charge is 2.54. The van der Waals surface area contributed by atoms with E-state index in [4.69, 9.17) is 0 Å². The molecule has 9 heteroatoms. The molecule has 3 aromatic rings. The van der Waals surface area contributed by atoms with Crippen LogP contribution in [0.15, 0.2) is 35.1 Å². The molecule has 0 saturated carbocycles. The Kier molecular flexibility index (Phi) is 4.74. The molecule has 1 aromatic heterocycles. The lowest BCUT2D eigenvalue weighted by molar-refractivity contribution is -0.124. The van der Waals surface area contributed by atoms with Crippen LogP contribution in [0.25, 0.3) is 10.9 Å². The second-order valence-electron chi connectivity index (χ2n) is 8.39. The summed E-state index contributed by atoms with van der Waals surface area (Å²) in [6, 6.07) is 7.36. The van der Waals surface area contributed by atoms with Crippen LogP contribution in [0.2, 0.25) is 0 Å². The Labute approximate surface area is 182 Å². The van der Waals surface area contributed by atoms with Gasteiger partial charge in [-0.1, -0.05) is 12.1 Å². The van der Waals surface area contributed by atoms with E-state index < -0.39 is 17.0 Å². The number of β-amino-alcohol motifs (C(OH)–C–C–N with tert-alkyl or cyclic N) is 1. The van der Waals surface area contributed by atoms with Crippen molar-refractivity contribution in [2.24, 2.45) is 0 Å². The predicted octanol–water partition coefficient (Wildman–Crippen LogP) is 2.39. The van der Waals surface area contributed by atoms with Crippen LogP contribution in [0.3, 0.4) is 0 Å². The first kappa shape index (κ1) is 20.6. The number of benzene rings is 2. The average Bonchev–Trinajstić information content (AvgIpc) is 2.98. The number of aromatic nitrogens is 2. The molecule has 1 fully saturated rings. The van der Waals surface area contributed by atoms with Crippen molar-refractivity contribution in [3.8, 4) is 0 Å². The fourth-order valence-corrected chi connectivity index (χ4v) is 5.05. The molecule has 0 aliphatic carbocycles. The number of H-pyrrole nitrogens is 1. The van der Waals surface area contributed by atoms with Crippen LogP contribution >= 0.6 is 0 Å². The molecular formula is C23H22F2N4O3. The summed E-state index contributed by atoms with van der Waals surface area (Å²) in [5, 5.41) is 9.89. The number of hydrogen-bond acceptors (Lipinski definition) is 5.